The molecule has 0 fully saturated rings. The molecule has 0 radical (unpaired) electrons. The molecule has 0 amide bonds. The van der Waals surface area contributed by atoms with Crippen molar-refractivity contribution < 1.29 is 21.9 Å². The molecule has 0 saturated heterocycles. The van der Waals surface area contributed by atoms with E-state index < -0.39 is 21.9 Å². The fraction of sp³-hybridized carbons (Fsp3) is 0.538. The van der Waals surface area contributed by atoms with Crippen LogP contribution in [0.3, 0.4) is 0 Å². The molecular weight excluding hydrogens is 302 g/mol. The maximum absolute atomic E-state index is 12.3. The molecule has 1 unspecified atom stereocenters. The Labute approximate surface area is 123 Å². The second-order valence-electron chi connectivity index (χ2n) is 4.90. The van der Waals surface area contributed by atoms with Crippen LogP contribution < -0.4 is 14.8 Å². The highest BCUT2D eigenvalue weighted by Gasteiger charge is 2.22. The van der Waals surface area contributed by atoms with Gasteiger partial charge in [-0.15, -0.1) is 0 Å². The number of anilines is 1. The summed E-state index contributed by atoms with van der Waals surface area (Å²) in [5.41, 5.74) is -0.00537. The van der Waals surface area contributed by atoms with E-state index in [1.54, 1.807) is 0 Å². The van der Waals surface area contributed by atoms with E-state index in [9.17, 15) is 17.2 Å². The average molecular weight is 322 g/mol. The third-order valence-electron chi connectivity index (χ3n) is 2.70. The number of para-hydroxylation sites is 2. The van der Waals surface area contributed by atoms with Gasteiger partial charge in [-0.25, -0.2) is 8.42 Å². The van der Waals surface area contributed by atoms with Crippen LogP contribution in [-0.2, 0) is 10.0 Å². The van der Waals surface area contributed by atoms with Gasteiger partial charge in [0.15, 0.2) is 0 Å². The first-order valence-corrected chi connectivity index (χ1v) is 8.06. The van der Waals surface area contributed by atoms with Crippen LogP contribution in [-0.4, -0.2) is 32.9 Å². The summed E-state index contributed by atoms with van der Waals surface area (Å²) in [6.07, 6.45) is 0. The van der Waals surface area contributed by atoms with Crippen LogP contribution in [0.1, 0.15) is 20.8 Å². The molecule has 8 heteroatoms. The first-order valence-electron chi connectivity index (χ1n) is 6.51. The summed E-state index contributed by atoms with van der Waals surface area (Å²) in [5, 5.41) is 2.29. The van der Waals surface area contributed by atoms with Crippen LogP contribution in [0.5, 0.6) is 5.75 Å². The van der Waals surface area contributed by atoms with Crippen LogP contribution in [0.2, 0.25) is 0 Å². The van der Waals surface area contributed by atoms with Gasteiger partial charge in [0.25, 0.3) is 0 Å². The van der Waals surface area contributed by atoms with Gasteiger partial charge in [-0.05, 0) is 19.1 Å². The zero-order chi connectivity index (χ0) is 16.0. The van der Waals surface area contributed by atoms with E-state index in [1.807, 2.05) is 13.8 Å². The van der Waals surface area contributed by atoms with E-state index >= 15 is 0 Å². The van der Waals surface area contributed by atoms with Crippen molar-refractivity contribution in [2.75, 3.05) is 11.3 Å². The van der Waals surface area contributed by atoms with E-state index in [2.05, 4.69) is 14.8 Å². The van der Waals surface area contributed by atoms with E-state index in [-0.39, 0.29) is 24.0 Å². The maximum atomic E-state index is 12.3. The number of ether oxygens (including phenoxy) is 1. The predicted molar refractivity (Wildman–Crippen MR) is 78.2 cm³/mol. The monoisotopic (exact) mass is 322 g/mol. The Morgan fingerprint density at radius 2 is 1.81 bits per heavy atom. The molecule has 0 heterocycles. The number of hydrogen-bond donors (Lipinski definition) is 2. The topological polar surface area (TPSA) is 67.4 Å². The lowest BCUT2D eigenvalue weighted by atomic mass is 10.3. The van der Waals surface area contributed by atoms with Crippen LogP contribution in [0.4, 0.5) is 14.5 Å². The molecule has 120 valence electrons. The molecule has 0 aliphatic carbocycles. The second kappa shape index (κ2) is 7.56. The minimum absolute atomic E-state index is 0.00537. The van der Waals surface area contributed by atoms with Crippen molar-refractivity contribution in [1.29, 1.82) is 0 Å². The van der Waals surface area contributed by atoms with E-state index in [0.29, 0.717) is 0 Å². The molecule has 1 rings (SSSR count). The Balaban J connectivity index is 2.84. The molecule has 0 spiro atoms. The van der Waals surface area contributed by atoms with Crippen LogP contribution >= 0.6 is 0 Å². The molecule has 2 N–H and O–H groups in total. The smallest absolute Gasteiger partial charge is 0.387 e. The first kappa shape index (κ1) is 17.6. The van der Waals surface area contributed by atoms with E-state index in [4.69, 9.17) is 0 Å². The molecule has 21 heavy (non-hydrogen) atoms. The van der Waals surface area contributed by atoms with Gasteiger partial charge in [-0.3, -0.25) is 4.72 Å². The SMILES string of the molecule is CC(C)NCC(C)S(=O)(=O)Nc1ccccc1OC(F)F. The van der Waals surface area contributed by atoms with Crippen molar-refractivity contribution >= 4 is 15.7 Å². The van der Waals surface area contributed by atoms with Gasteiger partial charge in [-0.1, -0.05) is 26.0 Å². The average Bonchev–Trinajstić information content (AvgIpc) is 2.37. The fourth-order valence-corrected chi connectivity index (χ4v) is 2.51. The highest BCUT2D eigenvalue weighted by Crippen LogP contribution is 2.27. The number of alkyl halides is 2. The Hall–Kier alpha value is -1.41. The minimum atomic E-state index is -3.70. The Kier molecular flexibility index (Phi) is 6.35. The number of rotatable bonds is 8. The molecule has 0 saturated carbocycles. The molecule has 1 aromatic carbocycles. The lowest BCUT2D eigenvalue weighted by Crippen LogP contribution is -2.37. The maximum Gasteiger partial charge on any atom is 0.387 e. The summed E-state index contributed by atoms with van der Waals surface area (Å²) in [6.45, 7) is 2.58. The predicted octanol–water partition coefficient (Wildman–Crippen LogP) is 2.42. The number of halogens is 2. The summed E-state index contributed by atoms with van der Waals surface area (Å²) in [4.78, 5) is 0. The molecule has 1 aromatic rings. The molecule has 0 aliphatic rings. The number of hydrogen-bond acceptors (Lipinski definition) is 4. The quantitative estimate of drug-likeness (QED) is 0.771. The van der Waals surface area contributed by atoms with E-state index in [1.165, 1.54) is 31.2 Å². The van der Waals surface area contributed by atoms with E-state index in [0.717, 1.165) is 0 Å². The summed E-state index contributed by atoms with van der Waals surface area (Å²) in [6, 6.07) is 5.82. The molecule has 0 aliphatic heterocycles. The molecule has 0 aromatic heterocycles. The zero-order valence-electron chi connectivity index (χ0n) is 12.1. The van der Waals surface area contributed by atoms with Crippen molar-refractivity contribution in [3.05, 3.63) is 24.3 Å². The lowest BCUT2D eigenvalue weighted by molar-refractivity contribution is -0.0493. The van der Waals surface area contributed by atoms with Gasteiger partial charge in [0.2, 0.25) is 10.0 Å². The third-order valence-corrected chi connectivity index (χ3v) is 4.43. The van der Waals surface area contributed by atoms with Crippen molar-refractivity contribution in [3.8, 4) is 5.75 Å². The molecule has 1 atom stereocenters. The van der Waals surface area contributed by atoms with Gasteiger partial charge < -0.3 is 10.1 Å². The van der Waals surface area contributed by atoms with Crippen LogP contribution in [0.15, 0.2) is 24.3 Å². The second-order valence-corrected chi connectivity index (χ2v) is 6.99. The third kappa shape index (κ3) is 5.84. The van der Waals surface area contributed by atoms with Gasteiger partial charge in [0.1, 0.15) is 5.75 Å². The van der Waals surface area contributed by atoms with Crippen LogP contribution in [0.25, 0.3) is 0 Å². The largest absolute Gasteiger partial charge is 0.433 e. The highest BCUT2D eigenvalue weighted by atomic mass is 32.2. The number of benzene rings is 1. The van der Waals surface area contributed by atoms with Crippen LogP contribution in [0, 0.1) is 0 Å². The normalized spacial score (nSPS) is 13.5. The minimum Gasteiger partial charge on any atom is -0.433 e. The zero-order valence-corrected chi connectivity index (χ0v) is 13.0. The van der Waals surface area contributed by atoms with Crippen molar-refractivity contribution in [1.82, 2.24) is 5.32 Å². The summed E-state index contributed by atoms with van der Waals surface area (Å²) in [7, 11) is -3.70. The summed E-state index contributed by atoms with van der Waals surface area (Å²) in [5.74, 6) is -0.208. The molecule has 5 nitrogen and oxygen atoms in total. The Bertz CT molecular complexity index is 550. The standard InChI is InChI=1S/C13H20F2N2O3S/c1-9(2)16-8-10(3)21(18,19)17-11-6-4-5-7-12(11)20-13(14)15/h4-7,9-10,13,16-17H,8H2,1-3H3. The van der Waals surface area contributed by atoms with Gasteiger partial charge in [-0.2, -0.15) is 8.78 Å². The fourth-order valence-electron chi connectivity index (χ4n) is 1.51. The van der Waals surface area contributed by atoms with Gasteiger partial charge in [0.05, 0.1) is 10.9 Å². The van der Waals surface area contributed by atoms with Crippen molar-refractivity contribution in [2.24, 2.45) is 0 Å². The highest BCUT2D eigenvalue weighted by molar-refractivity contribution is 7.93. The first-order chi connectivity index (χ1) is 9.72. The van der Waals surface area contributed by atoms with Gasteiger partial charge >= 0.3 is 6.61 Å². The van der Waals surface area contributed by atoms with Crippen molar-refractivity contribution in [2.45, 2.75) is 38.7 Å². The number of sulfonamides is 1. The Morgan fingerprint density at radius 1 is 1.19 bits per heavy atom. The summed E-state index contributed by atoms with van der Waals surface area (Å²) >= 11 is 0. The van der Waals surface area contributed by atoms with Gasteiger partial charge in [0, 0.05) is 12.6 Å². The number of nitrogens with one attached hydrogen (secondary N) is 2. The van der Waals surface area contributed by atoms with Crippen molar-refractivity contribution in [3.63, 3.8) is 0 Å². The lowest BCUT2D eigenvalue weighted by Gasteiger charge is -2.18. The molecular formula is C13H20F2N2O3S. The molecule has 0 bridgehead atoms. The Morgan fingerprint density at radius 3 is 2.38 bits per heavy atom. The summed E-state index contributed by atoms with van der Waals surface area (Å²) < 4.78 is 55.5.